The van der Waals surface area contributed by atoms with E-state index >= 15 is 0 Å². The van der Waals surface area contributed by atoms with Gasteiger partial charge in [-0.3, -0.25) is 0 Å². The Bertz CT molecular complexity index is 1150. The first-order chi connectivity index (χ1) is 17.3. The van der Waals surface area contributed by atoms with E-state index in [9.17, 15) is 9.36 Å². The fourth-order valence-electron chi connectivity index (χ4n) is 3.52. The smallest absolute Gasteiger partial charge is 0.445 e. The maximum atomic E-state index is 14.1. The number of rotatable bonds is 8. The molecule has 0 aliphatic rings. The van der Waals surface area contributed by atoms with Crippen molar-refractivity contribution < 1.29 is 23.1 Å². The van der Waals surface area contributed by atoms with E-state index in [1.54, 1.807) is 31.2 Å². The summed E-state index contributed by atoms with van der Waals surface area (Å²) in [6.45, 7) is 14.4. The standard InChI is InChI=1S/C30H38NO5P/c1-22(31-28(32)34-21-23-11-9-8-10-12-23)37(33,35-26-17-13-24(14-18-26)29(2,3)4)36-27-19-15-25(16-20-27)30(5,6)7/h8-20,22H,21H2,1-7H3,(H,31,32)/t22-/m0/s1. The van der Waals surface area contributed by atoms with E-state index in [0.29, 0.717) is 11.5 Å². The Morgan fingerprint density at radius 3 is 1.59 bits per heavy atom. The molecule has 0 aliphatic heterocycles. The Morgan fingerprint density at radius 1 is 0.757 bits per heavy atom. The monoisotopic (exact) mass is 523 g/mol. The lowest BCUT2D eigenvalue weighted by Crippen LogP contribution is -2.35. The van der Waals surface area contributed by atoms with Gasteiger partial charge in [0.05, 0.1) is 0 Å². The van der Waals surface area contributed by atoms with Gasteiger partial charge in [-0.2, -0.15) is 0 Å². The molecule has 3 aromatic rings. The van der Waals surface area contributed by atoms with Crippen molar-refractivity contribution in [2.75, 3.05) is 0 Å². The van der Waals surface area contributed by atoms with E-state index in [2.05, 4.69) is 46.9 Å². The first-order valence-corrected chi connectivity index (χ1v) is 14.0. The van der Waals surface area contributed by atoms with E-state index < -0.39 is 19.5 Å². The van der Waals surface area contributed by atoms with Crippen LogP contribution in [0, 0.1) is 0 Å². The van der Waals surface area contributed by atoms with Crippen LogP contribution in [-0.2, 0) is 26.7 Å². The van der Waals surface area contributed by atoms with Gasteiger partial charge in [0.1, 0.15) is 18.1 Å². The second-order valence-electron chi connectivity index (χ2n) is 11.2. The summed E-state index contributed by atoms with van der Waals surface area (Å²) in [5, 5.41) is 2.63. The molecule has 1 amide bonds. The lowest BCUT2D eigenvalue weighted by Gasteiger charge is -2.26. The van der Waals surface area contributed by atoms with Crippen molar-refractivity contribution in [3.8, 4) is 11.5 Å². The van der Waals surface area contributed by atoms with Crippen molar-refractivity contribution in [3.63, 3.8) is 0 Å². The lowest BCUT2D eigenvalue weighted by molar-refractivity contribution is 0.138. The third-order valence-electron chi connectivity index (χ3n) is 5.92. The van der Waals surface area contributed by atoms with E-state index in [1.165, 1.54) is 0 Å². The molecule has 1 atom stereocenters. The van der Waals surface area contributed by atoms with Gasteiger partial charge in [-0.1, -0.05) is 96.1 Å². The van der Waals surface area contributed by atoms with Gasteiger partial charge in [-0.05, 0) is 58.7 Å². The molecule has 7 heteroatoms. The Morgan fingerprint density at radius 2 is 1.19 bits per heavy atom. The van der Waals surface area contributed by atoms with Gasteiger partial charge < -0.3 is 19.1 Å². The third kappa shape index (κ3) is 8.13. The Balaban J connectivity index is 1.80. The molecule has 0 saturated heterocycles. The van der Waals surface area contributed by atoms with Gasteiger partial charge in [0.2, 0.25) is 0 Å². The summed E-state index contributed by atoms with van der Waals surface area (Å²) in [6.07, 6.45) is -0.713. The number of amides is 1. The minimum absolute atomic E-state index is 0.0368. The highest BCUT2D eigenvalue weighted by Crippen LogP contribution is 2.52. The topological polar surface area (TPSA) is 73.9 Å². The average Bonchev–Trinajstić information content (AvgIpc) is 2.83. The second kappa shape index (κ2) is 11.4. The summed E-state index contributed by atoms with van der Waals surface area (Å²) in [6, 6.07) is 24.1. The summed E-state index contributed by atoms with van der Waals surface area (Å²) < 4.78 is 31.3. The zero-order valence-corrected chi connectivity index (χ0v) is 23.7. The van der Waals surface area contributed by atoms with Crippen LogP contribution in [0.2, 0.25) is 0 Å². The van der Waals surface area contributed by atoms with Gasteiger partial charge >= 0.3 is 13.7 Å². The molecule has 0 aromatic heterocycles. The van der Waals surface area contributed by atoms with Crippen LogP contribution in [0.1, 0.15) is 65.2 Å². The van der Waals surface area contributed by atoms with Crippen LogP contribution in [0.4, 0.5) is 4.79 Å². The predicted octanol–water partition coefficient (Wildman–Crippen LogP) is 8.20. The molecule has 6 nitrogen and oxygen atoms in total. The fourth-order valence-corrected chi connectivity index (χ4v) is 4.96. The lowest BCUT2D eigenvalue weighted by atomic mass is 9.87. The zero-order chi connectivity index (χ0) is 27.3. The van der Waals surface area contributed by atoms with Crippen molar-refractivity contribution in [2.45, 2.75) is 71.7 Å². The van der Waals surface area contributed by atoms with Gasteiger partial charge in [-0.25, -0.2) is 9.36 Å². The number of carbonyl (C=O) groups is 1. The van der Waals surface area contributed by atoms with Gasteiger partial charge in [0.25, 0.3) is 0 Å². The highest BCUT2D eigenvalue weighted by atomic mass is 31.2. The minimum atomic E-state index is -3.93. The molecular formula is C30H38NO5P. The van der Waals surface area contributed by atoms with Crippen molar-refractivity contribution in [3.05, 3.63) is 95.6 Å². The molecule has 37 heavy (non-hydrogen) atoms. The number of nitrogens with one attached hydrogen (secondary N) is 1. The number of carbonyl (C=O) groups excluding carboxylic acids is 1. The molecule has 0 bridgehead atoms. The maximum Gasteiger partial charge on any atom is 0.452 e. The molecule has 0 saturated carbocycles. The molecule has 0 heterocycles. The summed E-state index contributed by atoms with van der Waals surface area (Å²) in [5.41, 5.74) is 3.00. The summed E-state index contributed by atoms with van der Waals surface area (Å²) >= 11 is 0. The van der Waals surface area contributed by atoms with Crippen molar-refractivity contribution in [1.29, 1.82) is 0 Å². The molecule has 3 rings (SSSR count). The van der Waals surface area contributed by atoms with Gasteiger partial charge in [0.15, 0.2) is 5.78 Å². The highest BCUT2D eigenvalue weighted by Gasteiger charge is 2.38. The summed E-state index contributed by atoms with van der Waals surface area (Å²) in [5.74, 6) is -0.219. The Hall–Kier alpha value is -3.24. The molecule has 198 valence electrons. The number of alkyl carbamates (subject to hydrolysis) is 1. The van der Waals surface area contributed by atoms with Crippen LogP contribution in [0.15, 0.2) is 78.9 Å². The van der Waals surface area contributed by atoms with Crippen molar-refractivity contribution in [1.82, 2.24) is 5.32 Å². The van der Waals surface area contributed by atoms with Crippen molar-refractivity contribution in [2.24, 2.45) is 0 Å². The quantitative estimate of drug-likeness (QED) is 0.301. The van der Waals surface area contributed by atoms with Crippen LogP contribution in [0.3, 0.4) is 0 Å². The van der Waals surface area contributed by atoms with Gasteiger partial charge in [0, 0.05) is 0 Å². The van der Waals surface area contributed by atoms with Crippen LogP contribution >= 0.6 is 7.60 Å². The largest absolute Gasteiger partial charge is 0.452 e. The molecule has 0 unspecified atom stereocenters. The van der Waals surface area contributed by atoms with E-state index in [4.69, 9.17) is 13.8 Å². The van der Waals surface area contributed by atoms with Crippen molar-refractivity contribution >= 4 is 13.7 Å². The Labute approximate surface area is 220 Å². The molecule has 1 N–H and O–H groups in total. The zero-order valence-electron chi connectivity index (χ0n) is 22.8. The molecule has 0 radical (unpaired) electrons. The molecule has 0 aliphatic carbocycles. The maximum absolute atomic E-state index is 14.1. The summed E-state index contributed by atoms with van der Waals surface area (Å²) in [7, 11) is -3.93. The van der Waals surface area contributed by atoms with E-state index in [1.807, 2.05) is 54.6 Å². The van der Waals surface area contributed by atoms with Crippen LogP contribution in [0.25, 0.3) is 0 Å². The summed E-state index contributed by atoms with van der Waals surface area (Å²) in [4.78, 5) is 12.5. The van der Waals surface area contributed by atoms with Gasteiger partial charge in [-0.15, -0.1) is 0 Å². The number of hydrogen-bond donors (Lipinski definition) is 1. The second-order valence-corrected chi connectivity index (χ2v) is 13.4. The first kappa shape index (κ1) is 28.3. The first-order valence-electron chi connectivity index (χ1n) is 12.4. The van der Waals surface area contributed by atoms with Crippen LogP contribution in [0.5, 0.6) is 11.5 Å². The highest BCUT2D eigenvalue weighted by molar-refractivity contribution is 7.55. The predicted molar refractivity (Wildman–Crippen MR) is 148 cm³/mol. The minimum Gasteiger partial charge on any atom is -0.445 e. The number of benzene rings is 3. The Kier molecular flexibility index (Phi) is 8.76. The van der Waals surface area contributed by atoms with E-state index in [-0.39, 0.29) is 17.4 Å². The van der Waals surface area contributed by atoms with Crippen LogP contribution in [-0.4, -0.2) is 11.9 Å². The third-order valence-corrected chi connectivity index (χ3v) is 7.93. The van der Waals surface area contributed by atoms with E-state index in [0.717, 1.165) is 16.7 Å². The van der Waals surface area contributed by atoms with Crippen LogP contribution < -0.4 is 14.4 Å². The normalized spacial score (nSPS) is 12.9. The number of hydrogen-bond acceptors (Lipinski definition) is 5. The SMILES string of the molecule is C[C@@H](NC(=O)OCc1ccccc1)P(=O)(Oc1ccc(C(C)(C)C)cc1)Oc1ccc(C(C)(C)C)cc1. The average molecular weight is 524 g/mol. The molecule has 0 spiro atoms. The fraction of sp³-hybridized carbons (Fsp3) is 0.367. The number of ether oxygens (including phenoxy) is 1. The molecular weight excluding hydrogens is 485 g/mol. The molecule has 3 aromatic carbocycles. The molecule has 0 fully saturated rings.